The Bertz CT molecular complexity index is 933. The first-order valence-electron chi connectivity index (χ1n) is 11.4. The third kappa shape index (κ3) is 9.52. The minimum atomic E-state index is -0.795. The number of ether oxygens (including phenoxy) is 3. The Labute approximate surface area is 201 Å². The van der Waals surface area contributed by atoms with Crippen molar-refractivity contribution in [2.24, 2.45) is 0 Å². The van der Waals surface area contributed by atoms with Crippen LogP contribution in [0.2, 0.25) is 0 Å². The van der Waals surface area contributed by atoms with Crippen LogP contribution in [-0.4, -0.2) is 44.3 Å². The average molecular weight is 471 g/mol. The van der Waals surface area contributed by atoms with E-state index in [1.807, 2.05) is 12.1 Å². The van der Waals surface area contributed by atoms with Gasteiger partial charge in [0.25, 0.3) is 5.91 Å². The molecule has 2 amide bonds. The molecule has 184 valence electrons. The van der Waals surface area contributed by atoms with E-state index in [4.69, 9.17) is 14.2 Å². The van der Waals surface area contributed by atoms with Gasteiger partial charge in [0.1, 0.15) is 11.5 Å². The molecule has 0 aliphatic heterocycles. The molecule has 34 heavy (non-hydrogen) atoms. The maximum atomic E-state index is 12.2. The highest BCUT2D eigenvalue weighted by atomic mass is 16.7. The molecule has 0 spiro atoms. The van der Waals surface area contributed by atoms with E-state index in [9.17, 15) is 14.4 Å². The van der Waals surface area contributed by atoms with E-state index in [-0.39, 0.29) is 29.6 Å². The van der Waals surface area contributed by atoms with Gasteiger partial charge in [0.15, 0.2) is 0 Å². The van der Waals surface area contributed by atoms with E-state index in [2.05, 4.69) is 43.5 Å². The number of amides is 2. The van der Waals surface area contributed by atoms with E-state index in [1.165, 1.54) is 17.7 Å². The summed E-state index contributed by atoms with van der Waals surface area (Å²) in [4.78, 5) is 35.4. The maximum Gasteiger partial charge on any atom is 0.513 e. The summed E-state index contributed by atoms with van der Waals surface area (Å²) in [5.41, 5.74) is 1.75. The van der Waals surface area contributed by atoms with E-state index in [0.29, 0.717) is 38.1 Å². The number of rotatable bonds is 11. The summed E-state index contributed by atoms with van der Waals surface area (Å²) in [5.74, 6) is 0.689. The summed E-state index contributed by atoms with van der Waals surface area (Å²) >= 11 is 0. The fourth-order valence-corrected chi connectivity index (χ4v) is 2.96. The third-order valence-electron chi connectivity index (χ3n) is 4.85. The van der Waals surface area contributed by atoms with Crippen LogP contribution in [0.1, 0.15) is 56.5 Å². The Hall–Kier alpha value is -3.55. The summed E-state index contributed by atoms with van der Waals surface area (Å²) < 4.78 is 15.3. The molecular formula is C26H34N2O6. The van der Waals surface area contributed by atoms with Gasteiger partial charge in [-0.3, -0.25) is 9.59 Å². The second kappa shape index (κ2) is 13.2. The molecule has 2 rings (SSSR count). The first-order chi connectivity index (χ1) is 16.2. The molecule has 0 heterocycles. The van der Waals surface area contributed by atoms with Crippen molar-refractivity contribution in [1.29, 1.82) is 0 Å². The zero-order valence-electron chi connectivity index (χ0n) is 20.3. The van der Waals surface area contributed by atoms with Crippen LogP contribution in [0.3, 0.4) is 0 Å². The van der Waals surface area contributed by atoms with Gasteiger partial charge in [-0.1, -0.05) is 32.9 Å². The van der Waals surface area contributed by atoms with Gasteiger partial charge in [-0.25, -0.2) is 4.79 Å². The highest BCUT2D eigenvalue weighted by molar-refractivity contribution is 5.94. The fourth-order valence-electron chi connectivity index (χ4n) is 2.96. The van der Waals surface area contributed by atoms with Crippen molar-refractivity contribution in [1.82, 2.24) is 10.6 Å². The Morgan fingerprint density at radius 3 is 2.09 bits per heavy atom. The maximum absolute atomic E-state index is 12.2. The Morgan fingerprint density at radius 1 is 0.853 bits per heavy atom. The smallest absolute Gasteiger partial charge is 0.494 e. The van der Waals surface area contributed by atoms with Crippen LogP contribution in [0.25, 0.3) is 0 Å². The Morgan fingerprint density at radius 2 is 1.47 bits per heavy atom. The van der Waals surface area contributed by atoms with Crippen molar-refractivity contribution >= 4 is 18.0 Å². The van der Waals surface area contributed by atoms with Crippen LogP contribution in [0.4, 0.5) is 4.79 Å². The van der Waals surface area contributed by atoms with Gasteiger partial charge in [0, 0.05) is 25.1 Å². The number of nitrogens with one attached hydrogen (secondary N) is 2. The minimum Gasteiger partial charge on any atom is -0.494 e. The number of benzene rings is 2. The zero-order valence-corrected chi connectivity index (χ0v) is 20.3. The molecule has 0 aromatic heterocycles. The fraction of sp³-hybridized carbons (Fsp3) is 0.423. The number of carbonyl (C=O) groups excluding carboxylic acids is 3. The van der Waals surface area contributed by atoms with Gasteiger partial charge in [0.2, 0.25) is 5.91 Å². The molecule has 0 bridgehead atoms. The van der Waals surface area contributed by atoms with Crippen molar-refractivity contribution in [3.8, 4) is 11.5 Å². The second-order valence-corrected chi connectivity index (χ2v) is 8.64. The normalized spacial score (nSPS) is 10.8. The molecule has 0 aliphatic carbocycles. The molecule has 0 aliphatic rings. The van der Waals surface area contributed by atoms with Crippen molar-refractivity contribution in [2.75, 3.05) is 26.3 Å². The second-order valence-electron chi connectivity index (χ2n) is 8.64. The molecule has 0 saturated heterocycles. The lowest BCUT2D eigenvalue weighted by atomic mass is 9.87. The largest absolute Gasteiger partial charge is 0.513 e. The Kier molecular flexibility index (Phi) is 10.4. The monoisotopic (exact) mass is 470 g/mol. The molecule has 0 saturated carbocycles. The average Bonchev–Trinajstić information content (AvgIpc) is 2.80. The first-order valence-corrected chi connectivity index (χ1v) is 11.4. The van der Waals surface area contributed by atoms with Gasteiger partial charge in [-0.05, 0) is 60.7 Å². The van der Waals surface area contributed by atoms with Gasteiger partial charge in [0.05, 0.1) is 13.2 Å². The SMILES string of the molecule is CCOC(=O)Oc1ccc(C(=O)NCCNC(=O)CCCOc2ccc(C(C)(C)C)cc2)cc1. The molecule has 8 heteroatoms. The van der Waals surface area contributed by atoms with Gasteiger partial charge < -0.3 is 24.8 Å². The predicted molar refractivity (Wildman–Crippen MR) is 129 cm³/mol. The molecule has 8 nitrogen and oxygen atoms in total. The van der Waals surface area contributed by atoms with Crippen molar-refractivity contribution in [2.45, 2.75) is 46.0 Å². The van der Waals surface area contributed by atoms with E-state index in [1.54, 1.807) is 19.1 Å². The molecule has 0 fully saturated rings. The van der Waals surface area contributed by atoms with E-state index >= 15 is 0 Å². The molecule has 2 N–H and O–H groups in total. The van der Waals surface area contributed by atoms with Crippen molar-refractivity contribution < 1.29 is 28.6 Å². The van der Waals surface area contributed by atoms with Gasteiger partial charge >= 0.3 is 6.16 Å². The van der Waals surface area contributed by atoms with Crippen LogP contribution in [0, 0.1) is 0 Å². The van der Waals surface area contributed by atoms with Crippen molar-refractivity contribution in [3.63, 3.8) is 0 Å². The molecular weight excluding hydrogens is 436 g/mol. The van der Waals surface area contributed by atoms with Crippen LogP contribution in [0.15, 0.2) is 48.5 Å². The lowest BCUT2D eigenvalue weighted by molar-refractivity contribution is -0.121. The lowest BCUT2D eigenvalue weighted by Crippen LogP contribution is -2.34. The highest BCUT2D eigenvalue weighted by Crippen LogP contribution is 2.24. The summed E-state index contributed by atoms with van der Waals surface area (Å²) in [6, 6.07) is 14.1. The zero-order chi connectivity index (χ0) is 25.0. The van der Waals surface area contributed by atoms with Gasteiger partial charge in [-0.15, -0.1) is 0 Å². The van der Waals surface area contributed by atoms with Gasteiger partial charge in [-0.2, -0.15) is 0 Å². The number of hydrogen-bond donors (Lipinski definition) is 2. The summed E-state index contributed by atoms with van der Waals surface area (Å²) in [6.45, 7) is 9.45. The molecule has 0 atom stereocenters. The van der Waals surface area contributed by atoms with Crippen LogP contribution in [0.5, 0.6) is 11.5 Å². The van der Waals surface area contributed by atoms with E-state index in [0.717, 1.165) is 5.75 Å². The molecule has 0 unspecified atom stereocenters. The number of hydrogen-bond acceptors (Lipinski definition) is 6. The van der Waals surface area contributed by atoms with Crippen LogP contribution < -0.4 is 20.1 Å². The van der Waals surface area contributed by atoms with Crippen molar-refractivity contribution in [3.05, 3.63) is 59.7 Å². The quantitative estimate of drug-likeness (QED) is 0.290. The van der Waals surface area contributed by atoms with Crippen LogP contribution in [-0.2, 0) is 14.9 Å². The summed E-state index contributed by atoms with van der Waals surface area (Å²) in [6.07, 6.45) is 0.145. The third-order valence-corrected chi connectivity index (χ3v) is 4.85. The Balaban J connectivity index is 1.58. The molecule has 2 aromatic carbocycles. The minimum absolute atomic E-state index is 0.0959. The molecule has 0 radical (unpaired) electrons. The highest BCUT2D eigenvalue weighted by Gasteiger charge is 2.13. The summed E-state index contributed by atoms with van der Waals surface area (Å²) in [7, 11) is 0. The standard InChI is InChI=1S/C26H34N2O6/c1-5-32-25(31)34-22-12-8-19(9-13-22)24(30)28-17-16-27-23(29)7-6-18-33-21-14-10-20(11-15-21)26(2,3)4/h8-15H,5-7,16-18H2,1-4H3,(H,27,29)(H,28,30). The molecule has 2 aromatic rings. The number of carbonyl (C=O) groups is 3. The predicted octanol–water partition coefficient (Wildman–Crippen LogP) is 4.22. The topological polar surface area (TPSA) is 103 Å². The lowest BCUT2D eigenvalue weighted by Gasteiger charge is -2.19. The van der Waals surface area contributed by atoms with Crippen LogP contribution >= 0.6 is 0 Å². The first kappa shape index (κ1) is 26.7. The summed E-state index contributed by atoms with van der Waals surface area (Å²) in [5, 5.41) is 5.50. The van der Waals surface area contributed by atoms with E-state index < -0.39 is 6.16 Å².